The molecule has 19 heavy (non-hydrogen) atoms. The first-order valence-corrected chi connectivity index (χ1v) is 7.69. The number of nitrogens with one attached hydrogen (secondary N) is 1. The van der Waals surface area contributed by atoms with Crippen LogP contribution in [0.25, 0.3) is 0 Å². The summed E-state index contributed by atoms with van der Waals surface area (Å²) >= 11 is 0. The van der Waals surface area contributed by atoms with Gasteiger partial charge < -0.3 is 0 Å². The van der Waals surface area contributed by atoms with Gasteiger partial charge in [-0.05, 0) is 12.8 Å². The number of hydrogen-bond acceptors (Lipinski definition) is 3. The van der Waals surface area contributed by atoms with Gasteiger partial charge >= 0.3 is 0 Å². The molecule has 1 aromatic rings. The zero-order chi connectivity index (χ0) is 14.2. The molecule has 1 aromatic heterocycles. The van der Waals surface area contributed by atoms with E-state index in [9.17, 15) is 13.2 Å². The fourth-order valence-corrected chi connectivity index (χ4v) is 3.70. The molecule has 1 saturated heterocycles. The average Bonchev–Trinajstić information content (AvgIpc) is 2.69. The molecule has 0 saturated carbocycles. The van der Waals surface area contributed by atoms with E-state index in [1.165, 1.54) is 33.5 Å². The van der Waals surface area contributed by atoms with Crippen molar-refractivity contribution in [3.63, 3.8) is 0 Å². The second kappa shape index (κ2) is 5.10. The van der Waals surface area contributed by atoms with Crippen LogP contribution in [0.1, 0.15) is 31.0 Å². The predicted octanol–water partition coefficient (Wildman–Crippen LogP) is 0.0468. The number of aromatic amines is 1. The van der Waals surface area contributed by atoms with Crippen LogP contribution < -0.4 is 5.56 Å². The SMILES string of the molecule is CN(C)S(=O)(=O)N1CCCCC1c1cc(=O)n(C)[nH]1. The van der Waals surface area contributed by atoms with Crippen molar-refractivity contribution in [3.05, 3.63) is 22.1 Å². The second-order valence-electron chi connectivity index (χ2n) is 5.02. The molecule has 108 valence electrons. The minimum atomic E-state index is -3.47. The van der Waals surface area contributed by atoms with Crippen LogP contribution in [0.2, 0.25) is 0 Å². The molecule has 0 aromatic carbocycles. The summed E-state index contributed by atoms with van der Waals surface area (Å²) in [5.74, 6) is 0. The lowest BCUT2D eigenvalue weighted by atomic mass is 10.0. The van der Waals surface area contributed by atoms with Gasteiger partial charge in [-0.3, -0.25) is 14.6 Å². The first-order valence-electron chi connectivity index (χ1n) is 6.29. The largest absolute Gasteiger partial charge is 0.298 e. The van der Waals surface area contributed by atoms with E-state index < -0.39 is 10.2 Å². The van der Waals surface area contributed by atoms with E-state index in [0.717, 1.165) is 19.3 Å². The Kier molecular flexibility index (Phi) is 3.84. The quantitative estimate of drug-likeness (QED) is 0.853. The van der Waals surface area contributed by atoms with E-state index in [1.54, 1.807) is 7.05 Å². The summed E-state index contributed by atoms with van der Waals surface area (Å²) in [5.41, 5.74) is 0.514. The highest BCUT2D eigenvalue weighted by Gasteiger charge is 2.35. The number of H-pyrrole nitrogens is 1. The number of nitrogens with zero attached hydrogens (tertiary/aromatic N) is 3. The third-order valence-electron chi connectivity index (χ3n) is 3.48. The Morgan fingerprint density at radius 2 is 2.05 bits per heavy atom. The Morgan fingerprint density at radius 1 is 1.37 bits per heavy atom. The Balaban J connectivity index is 2.39. The molecule has 0 radical (unpaired) electrons. The van der Waals surface area contributed by atoms with E-state index in [1.807, 2.05) is 0 Å². The van der Waals surface area contributed by atoms with Gasteiger partial charge in [0, 0.05) is 33.8 Å². The van der Waals surface area contributed by atoms with E-state index in [2.05, 4.69) is 5.10 Å². The van der Waals surface area contributed by atoms with E-state index in [0.29, 0.717) is 12.2 Å². The maximum Gasteiger partial charge on any atom is 0.282 e. The predicted molar refractivity (Wildman–Crippen MR) is 71.9 cm³/mol. The van der Waals surface area contributed by atoms with Crippen LogP contribution in [0.15, 0.2) is 10.9 Å². The maximum absolute atomic E-state index is 12.3. The van der Waals surface area contributed by atoms with Gasteiger partial charge in [0.15, 0.2) is 0 Å². The van der Waals surface area contributed by atoms with Crippen LogP contribution in [-0.2, 0) is 17.3 Å². The van der Waals surface area contributed by atoms with Crippen molar-refractivity contribution in [1.29, 1.82) is 0 Å². The van der Waals surface area contributed by atoms with Gasteiger partial charge in [-0.2, -0.15) is 17.0 Å². The molecule has 8 heteroatoms. The van der Waals surface area contributed by atoms with Gasteiger partial charge in [0.1, 0.15) is 0 Å². The maximum atomic E-state index is 12.3. The minimum absolute atomic E-state index is 0.150. The van der Waals surface area contributed by atoms with Crippen molar-refractivity contribution in [2.45, 2.75) is 25.3 Å². The van der Waals surface area contributed by atoms with Crippen molar-refractivity contribution in [2.75, 3.05) is 20.6 Å². The number of rotatable bonds is 3. The molecule has 7 nitrogen and oxygen atoms in total. The smallest absolute Gasteiger partial charge is 0.282 e. The first-order chi connectivity index (χ1) is 8.84. The Morgan fingerprint density at radius 3 is 2.58 bits per heavy atom. The van der Waals surface area contributed by atoms with Crippen molar-refractivity contribution >= 4 is 10.2 Å². The molecule has 1 atom stereocenters. The third-order valence-corrected chi connectivity index (χ3v) is 5.43. The number of hydrogen-bond donors (Lipinski definition) is 1. The molecule has 2 rings (SSSR count). The third kappa shape index (κ3) is 2.60. The summed E-state index contributed by atoms with van der Waals surface area (Å²) in [6.07, 6.45) is 2.54. The van der Waals surface area contributed by atoms with E-state index in [-0.39, 0.29) is 11.6 Å². The van der Waals surface area contributed by atoms with Crippen molar-refractivity contribution < 1.29 is 8.42 Å². The minimum Gasteiger partial charge on any atom is -0.298 e. The van der Waals surface area contributed by atoms with Gasteiger partial charge in [0.2, 0.25) is 0 Å². The summed E-state index contributed by atoms with van der Waals surface area (Å²) in [4.78, 5) is 11.5. The molecule has 1 unspecified atom stereocenters. The zero-order valence-electron chi connectivity index (χ0n) is 11.5. The molecular formula is C11H20N4O3S. The van der Waals surface area contributed by atoms with Gasteiger partial charge in [-0.15, -0.1) is 0 Å². The van der Waals surface area contributed by atoms with Crippen LogP contribution in [0.3, 0.4) is 0 Å². The Hall–Kier alpha value is -1.12. The van der Waals surface area contributed by atoms with Crippen LogP contribution in [0, 0.1) is 0 Å². The van der Waals surface area contributed by atoms with Gasteiger partial charge in [0.05, 0.1) is 11.7 Å². The summed E-state index contributed by atoms with van der Waals surface area (Å²) < 4.78 is 28.7. The van der Waals surface area contributed by atoms with Gasteiger partial charge in [-0.25, -0.2) is 0 Å². The fraction of sp³-hybridized carbons (Fsp3) is 0.727. The molecule has 0 spiro atoms. The molecule has 0 bridgehead atoms. The topological polar surface area (TPSA) is 78.4 Å². The number of piperidine rings is 1. The van der Waals surface area contributed by atoms with Crippen LogP contribution >= 0.6 is 0 Å². The molecule has 1 N–H and O–H groups in total. The summed E-state index contributed by atoms with van der Waals surface area (Å²) in [5, 5.41) is 2.93. The van der Waals surface area contributed by atoms with Crippen molar-refractivity contribution in [2.24, 2.45) is 7.05 Å². The first kappa shape index (κ1) is 14.3. The summed E-state index contributed by atoms with van der Waals surface area (Å²) in [6, 6.07) is 1.20. The van der Waals surface area contributed by atoms with E-state index >= 15 is 0 Å². The van der Waals surface area contributed by atoms with Crippen LogP contribution in [0.5, 0.6) is 0 Å². The Bertz CT molecular complexity index is 602. The second-order valence-corrected chi connectivity index (χ2v) is 7.12. The molecule has 0 amide bonds. The van der Waals surface area contributed by atoms with E-state index in [4.69, 9.17) is 0 Å². The lowest BCUT2D eigenvalue weighted by Gasteiger charge is -2.35. The number of aryl methyl sites for hydroxylation is 1. The van der Waals surface area contributed by atoms with Crippen molar-refractivity contribution in [1.82, 2.24) is 18.4 Å². The summed E-state index contributed by atoms with van der Waals surface area (Å²) in [7, 11) is 1.20. The lowest BCUT2D eigenvalue weighted by molar-refractivity contribution is 0.238. The average molecular weight is 288 g/mol. The molecular weight excluding hydrogens is 268 g/mol. The normalized spacial score (nSPS) is 22.0. The standard InChI is InChI=1S/C11H20N4O3S/c1-13(2)19(17,18)15-7-5-4-6-10(15)9-8-11(16)14(3)12-9/h8,10,12H,4-7H2,1-3H3. The summed E-state index contributed by atoms with van der Waals surface area (Å²) in [6.45, 7) is 0.488. The van der Waals surface area contributed by atoms with Crippen LogP contribution in [-0.4, -0.2) is 47.4 Å². The van der Waals surface area contributed by atoms with Crippen molar-refractivity contribution in [3.8, 4) is 0 Å². The Labute approximate surface area is 113 Å². The van der Waals surface area contributed by atoms with Gasteiger partial charge in [0.25, 0.3) is 15.8 Å². The highest BCUT2D eigenvalue weighted by atomic mass is 32.2. The molecule has 0 aliphatic carbocycles. The highest BCUT2D eigenvalue weighted by Crippen LogP contribution is 2.32. The number of aromatic nitrogens is 2. The lowest BCUT2D eigenvalue weighted by Crippen LogP contribution is -2.44. The highest BCUT2D eigenvalue weighted by molar-refractivity contribution is 7.86. The molecule has 2 heterocycles. The monoisotopic (exact) mass is 288 g/mol. The van der Waals surface area contributed by atoms with Gasteiger partial charge in [-0.1, -0.05) is 6.42 Å². The zero-order valence-corrected chi connectivity index (χ0v) is 12.3. The molecule has 1 fully saturated rings. The molecule has 1 aliphatic rings. The molecule has 1 aliphatic heterocycles. The fourth-order valence-electron chi connectivity index (χ4n) is 2.38. The van der Waals surface area contributed by atoms with Crippen LogP contribution in [0.4, 0.5) is 0 Å².